The fourth-order valence-electron chi connectivity index (χ4n) is 3.78. The molecule has 1 aromatic rings. The number of anilines is 1. The first-order valence-corrected chi connectivity index (χ1v) is 10.5. The quantitative estimate of drug-likeness (QED) is 0.795. The Morgan fingerprint density at radius 3 is 2.62 bits per heavy atom. The molecule has 10 heteroatoms. The van der Waals surface area contributed by atoms with Gasteiger partial charge in [0.2, 0.25) is 5.91 Å². The van der Waals surface area contributed by atoms with E-state index in [9.17, 15) is 22.8 Å². The molecular formula is C19H27F3N4O2S. The lowest BCUT2D eigenvalue weighted by atomic mass is 9.98. The Balaban J connectivity index is 1.94. The average molecular weight is 433 g/mol. The van der Waals surface area contributed by atoms with Crippen LogP contribution >= 0.6 is 11.3 Å². The van der Waals surface area contributed by atoms with E-state index in [1.165, 1.54) is 11.3 Å². The van der Waals surface area contributed by atoms with Gasteiger partial charge in [-0.25, -0.2) is 0 Å². The highest BCUT2D eigenvalue weighted by atomic mass is 32.1. The Morgan fingerprint density at radius 2 is 2.00 bits per heavy atom. The molecule has 2 aliphatic heterocycles. The standard InChI is InChI=1S/C19H27F3N4O2S/c1-5-24-10-13-12(2)14(15(27)26-9-7-23-17(28)18(26,3)4)29-16(13)25(11-24)8-6-19(20,21)22/h5-11H2,1-4H3,(H,23,28). The Morgan fingerprint density at radius 1 is 1.31 bits per heavy atom. The molecule has 162 valence electrons. The summed E-state index contributed by atoms with van der Waals surface area (Å²) >= 11 is 1.25. The first-order chi connectivity index (χ1) is 13.5. The van der Waals surface area contributed by atoms with Crippen LogP contribution in [-0.2, 0) is 11.3 Å². The van der Waals surface area contributed by atoms with Crippen LogP contribution in [0.15, 0.2) is 0 Å². The van der Waals surface area contributed by atoms with Crippen LogP contribution in [0.25, 0.3) is 0 Å². The number of nitrogens with one attached hydrogen (secondary N) is 1. The molecule has 0 aromatic carbocycles. The number of carbonyl (C=O) groups excluding carboxylic acids is 2. The molecule has 0 unspecified atom stereocenters. The van der Waals surface area contributed by atoms with Crippen LogP contribution < -0.4 is 10.2 Å². The maximum atomic E-state index is 13.3. The molecule has 1 N–H and O–H groups in total. The van der Waals surface area contributed by atoms with Gasteiger partial charge >= 0.3 is 6.18 Å². The number of hydrogen-bond acceptors (Lipinski definition) is 5. The number of hydrogen-bond donors (Lipinski definition) is 1. The zero-order valence-electron chi connectivity index (χ0n) is 17.2. The third kappa shape index (κ3) is 4.23. The molecule has 0 saturated carbocycles. The van der Waals surface area contributed by atoms with E-state index < -0.39 is 18.1 Å². The zero-order chi connectivity index (χ0) is 21.6. The Hall–Kier alpha value is -1.81. The molecule has 0 spiro atoms. The van der Waals surface area contributed by atoms with Crippen LogP contribution in [0.3, 0.4) is 0 Å². The second kappa shape index (κ2) is 7.79. The normalized spacial score (nSPS) is 19.9. The van der Waals surface area contributed by atoms with E-state index in [0.717, 1.165) is 16.1 Å². The molecular weight excluding hydrogens is 405 g/mol. The Kier molecular flexibility index (Phi) is 5.88. The lowest BCUT2D eigenvalue weighted by Gasteiger charge is -2.41. The van der Waals surface area contributed by atoms with Gasteiger partial charge in [0.15, 0.2) is 0 Å². The highest BCUT2D eigenvalue weighted by Gasteiger charge is 2.42. The second-order valence-corrected chi connectivity index (χ2v) is 9.03. The van der Waals surface area contributed by atoms with E-state index in [4.69, 9.17) is 0 Å². The van der Waals surface area contributed by atoms with Crippen LogP contribution in [0.5, 0.6) is 0 Å². The summed E-state index contributed by atoms with van der Waals surface area (Å²) in [5.41, 5.74) is 0.734. The first-order valence-electron chi connectivity index (χ1n) is 9.72. The maximum Gasteiger partial charge on any atom is 0.390 e. The van der Waals surface area contributed by atoms with Crippen molar-refractivity contribution < 1.29 is 22.8 Å². The van der Waals surface area contributed by atoms with E-state index in [1.54, 1.807) is 23.6 Å². The minimum absolute atomic E-state index is 0.141. The summed E-state index contributed by atoms with van der Waals surface area (Å²) in [4.78, 5) is 31.4. The largest absolute Gasteiger partial charge is 0.390 e. The van der Waals surface area contributed by atoms with Crippen molar-refractivity contribution in [3.8, 4) is 0 Å². The van der Waals surface area contributed by atoms with Gasteiger partial charge in [-0.15, -0.1) is 11.3 Å². The van der Waals surface area contributed by atoms with Crippen LogP contribution in [0.1, 0.15) is 48.0 Å². The molecule has 1 saturated heterocycles. The lowest BCUT2D eigenvalue weighted by molar-refractivity contribution is -0.133. The van der Waals surface area contributed by atoms with Crippen molar-refractivity contribution >= 4 is 28.2 Å². The maximum absolute atomic E-state index is 13.3. The van der Waals surface area contributed by atoms with Crippen molar-refractivity contribution in [1.29, 1.82) is 0 Å². The minimum atomic E-state index is -4.23. The minimum Gasteiger partial charge on any atom is -0.352 e. The van der Waals surface area contributed by atoms with Crippen molar-refractivity contribution in [2.75, 3.05) is 37.7 Å². The van der Waals surface area contributed by atoms with E-state index >= 15 is 0 Å². The van der Waals surface area contributed by atoms with Crippen LogP contribution in [0.4, 0.5) is 18.2 Å². The van der Waals surface area contributed by atoms with Gasteiger partial charge in [0.25, 0.3) is 5.91 Å². The van der Waals surface area contributed by atoms with Gasteiger partial charge in [-0.3, -0.25) is 14.5 Å². The van der Waals surface area contributed by atoms with Gasteiger partial charge < -0.3 is 15.1 Å². The third-order valence-corrected chi connectivity index (χ3v) is 7.08. The van der Waals surface area contributed by atoms with E-state index in [2.05, 4.69) is 10.2 Å². The molecule has 1 fully saturated rings. The molecule has 1 aromatic heterocycles. The van der Waals surface area contributed by atoms with Gasteiger partial charge in [0.1, 0.15) is 5.54 Å². The van der Waals surface area contributed by atoms with Crippen LogP contribution in [0.2, 0.25) is 0 Å². The fourth-order valence-corrected chi connectivity index (χ4v) is 5.07. The van der Waals surface area contributed by atoms with Gasteiger partial charge in [0.05, 0.1) is 23.0 Å². The topological polar surface area (TPSA) is 55.9 Å². The van der Waals surface area contributed by atoms with Gasteiger partial charge in [-0.2, -0.15) is 13.2 Å². The third-order valence-electron chi connectivity index (χ3n) is 5.69. The number of amides is 2. The van der Waals surface area contributed by atoms with Crippen molar-refractivity contribution in [2.45, 2.75) is 52.4 Å². The van der Waals surface area contributed by atoms with Gasteiger partial charge in [-0.05, 0) is 32.9 Å². The summed E-state index contributed by atoms with van der Waals surface area (Å²) in [6, 6.07) is 0. The molecule has 2 amide bonds. The number of thiophene rings is 1. The SMILES string of the molecule is CCN1Cc2c(sc(C(=O)N3CCNC(=O)C3(C)C)c2C)N(CCC(F)(F)F)C1. The molecule has 0 radical (unpaired) electrons. The highest BCUT2D eigenvalue weighted by Crippen LogP contribution is 2.41. The fraction of sp³-hybridized carbons (Fsp3) is 0.684. The molecule has 0 aliphatic carbocycles. The number of halogens is 3. The summed E-state index contributed by atoms with van der Waals surface area (Å²) < 4.78 is 38.4. The molecule has 3 heterocycles. The first kappa shape index (κ1) is 21.9. The van der Waals surface area contributed by atoms with Crippen LogP contribution in [0, 0.1) is 6.92 Å². The molecule has 2 aliphatic rings. The monoisotopic (exact) mass is 432 g/mol. The summed E-state index contributed by atoms with van der Waals surface area (Å²) in [6.07, 6.45) is -5.13. The van der Waals surface area contributed by atoms with Crippen molar-refractivity contribution in [2.24, 2.45) is 0 Å². The Bertz CT molecular complexity index is 806. The molecule has 3 rings (SSSR count). The highest BCUT2D eigenvalue weighted by molar-refractivity contribution is 7.18. The smallest absolute Gasteiger partial charge is 0.352 e. The number of rotatable bonds is 4. The second-order valence-electron chi connectivity index (χ2n) is 8.03. The summed E-state index contributed by atoms with van der Waals surface area (Å²) in [7, 11) is 0. The van der Waals surface area contributed by atoms with E-state index in [1.807, 2.05) is 13.8 Å². The lowest BCUT2D eigenvalue weighted by Crippen LogP contribution is -2.63. The van der Waals surface area contributed by atoms with Crippen molar-refractivity contribution in [3.05, 3.63) is 16.0 Å². The summed E-state index contributed by atoms with van der Waals surface area (Å²) in [5.74, 6) is -0.444. The predicted octanol–water partition coefficient (Wildman–Crippen LogP) is 2.96. The predicted molar refractivity (Wildman–Crippen MR) is 106 cm³/mol. The van der Waals surface area contributed by atoms with E-state index in [-0.39, 0.29) is 18.4 Å². The van der Waals surface area contributed by atoms with Gasteiger partial charge in [-0.1, -0.05) is 6.92 Å². The van der Waals surface area contributed by atoms with Crippen molar-refractivity contribution in [1.82, 2.24) is 15.1 Å². The average Bonchev–Trinajstić information content (AvgIpc) is 2.97. The summed E-state index contributed by atoms with van der Waals surface area (Å²) in [6.45, 7) is 9.60. The number of carbonyl (C=O) groups is 2. The summed E-state index contributed by atoms with van der Waals surface area (Å²) in [5, 5.41) is 3.51. The number of nitrogens with zero attached hydrogens (tertiary/aromatic N) is 3. The van der Waals surface area contributed by atoms with Gasteiger partial charge in [0, 0.05) is 31.7 Å². The molecule has 6 nitrogen and oxygen atoms in total. The number of piperazine rings is 1. The molecule has 29 heavy (non-hydrogen) atoms. The zero-order valence-corrected chi connectivity index (χ0v) is 18.0. The number of alkyl halides is 3. The molecule has 0 atom stereocenters. The van der Waals surface area contributed by atoms with Crippen LogP contribution in [-0.4, -0.2) is 66.2 Å². The Labute approximate surface area is 172 Å². The van der Waals surface area contributed by atoms with E-state index in [0.29, 0.717) is 37.7 Å². The van der Waals surface area contributed by atoms with Crippen molar-refractivity contribution in [3.63, 3.8) is 0 Å². The number of fused-ring (bicyclic) bond motifs is 1. The molecule has 0 bridgehead atoms.